The Kier molecular flexibility index (Phi) is 6.31. The van der Waals surface area contributed by atoms with Gasteiger partial charge in [-0.05, 0) is 31.6 Å². The predicted molar refractivity (Wildman–Crippen MR) is 68.2 cm³/mol. The topological polar surface area (TPSA) is 12.0 Å². The highest BCUT2D eigenvalue weighted by atomic mass is 15.0. The minimum absolute atomic E-state index is 0.774. The van der Waals surface area contributed by atoms with E-state index in [4.69, 9.17) is 0 Å². The molecule has 0 aliphatic heterocycles. The second-order valence-electron chi connectivity index (χ2n) is 5.28. The molecule has 0 amide bonds. The summed E-state index contributed by atoms with van der Waals surface area (Å²) < 4.78 is 0. The molecular formula is C14H29N. The molecule has 0 aromatic heterocycles. The first-order valence-electron chi connectivity index (χ1n) is 7.04. The summed E-state index contributed by atoms with van der Waals surface area (Å²) in [4.78, 5) is 0. The zero-order valence-corrected chi connectivity index (χ0v) is 10.9. The second kappa shape index (κ2) is 7.27. The molecule has 1 N–H and O–H groups in total. The Morgan fingerprint density at radius 1 is 1.20 bits per heavy atom. The third kappa shape index (κ3) is 4.55. The van der Waals surface area contributed by atoms with Crippen molar-refractivity contribution in [3.05, 3.63) is 0 Å². The molecule has 1 rings (SSSR count). The smallest absolute Gasteiger partial charge is 0.00952 e. The first kappa shape index (κ1) is 13.0. The summed E-state index contributed by atoms with van der Waals surface area (Å²) in [6.45, 7) is 7.03. The van der Waals surface area contributed by atoms with Gasteiger partial charge in [-0.3, -0.25) is 0 Å². The maximum Gasteiger partial charge on any atom is 0.00952 e. The maximum atomic E-state index is 3.89. The van der Waals surface area contributed by atoms with E-state index in [1.54, 1.807) is 0 Å². The molecule has 1 heteroatoms. The Hall–Kier alpha value is -0.0400. The first-order chi connectivity index (χ1) is 7.27. The first-order valence-corrected chi connectivity index (χ1v) is 7.04. The number of hydrogen-bond donors (Lipinski definition) is 1. The van der Waals surface area contributed by atoms with Gasteiger partial charge >= 0.3 is 0 Å². The summed E-state index contributed by atoms with van der Waals surface area (Å²) in [5.41, 5.74) is 0. The van der Waals surface area contributed by atoms with Gasteiger partial charge in [-0.25, -0.2) is 0 Å². The van der Waals surface area contributed by atoms with E-state index in [9.17, 15) is 0 Å². The molecule has 3 atom stereocenters. The Labute approximate surface area is 96.0 Å². The van der Waals surface area contributed by atoms with E-state index in [-0.39, 0.29) is 0 Å². The van der Waals surface area contributed by atoms with Crippen molar-refractivity contribution < 1.29 is 0 Å². The standard InChI is InChI=1S/C14H29N/c1-4-6-10-13(5-2)15-14-11-8-7-9-12(14)3/h12-15H,4-11H2,1-3H3. The van der Waals surface area contributed by atoms with E-state index in [1.807, 2.05) is 0 Å². The van der Waals surface area contributed by atoms with E-state index in [1.165, 1.54) is 51.4 Å². The summed E-state index contributed by atoms with van der Waals surface area (Å²) in [5, 5.41) is 3.89. The highest BCUT2D eigenvalue weighted by Crippen LogP contribution is 2.24. The largest absolute Gasteiger partial charge is 0.311 e. The average Bonchev–Trinajstić information content (AvgIpc) is 2.26. The highest BCUT2D eigenvalue weighted by molar-refractivity contribution is 4.81. The van der Waals surface area contributed by atoms with Gasteiger partial charge in [-0.15, -0.1) is 0 Å². The zero-order valence-electron chi connectivity index (χ0n) is 10.9. The van der Waals surface area contributed by atoms with Crippen LogP contribution in [0.1, 0.15) is 72.1 Å². The molecule has 90 valence electrons. The Morgan fingerprint density at radius 2 is 1.93 bits per heavy atom. The van der Waals surface area contributed by atoms with Crippen LogP contribution in [0.4, 0.5) is 0 Å². The molecule has 3 unspecified atom stereocenters. The lowest BCUT2D eigenvalue weighted by Crippen LogP contribution is -2.43. The normalized spacial score (nSPS) is 29.0. The summed E-state index contributed by atoms with van der Waals surface area (Å²) in [6, 6.07) is 1.58. The average molecular weight is 211 g/mol. The monoisotopic (exact) mass is 211 g/mol. The van der Waals surface area contributed by atoms with Crippen molar-refractivity contribution in [3.63, 3.8) is 0 Å². The summed E-state index contributed by atoms with van der Waals surface area (Å²) in [5.74, 6) is 0.898. The van der Waals surface area contributed by atoms with Crippen LogP contribution >= 0.6 is 0 Å². The van der Waals surface area contributed by atoms with Gasteiger partial charge in [-0.2, -0.15) is 0 Å². The molecule has 0 saturated heterocycles. The van der Waals surface area contributed by atoms with Crippen LogP contribution in [0.2, 0.25) is 0 Å². The molecule has 1 saturated carbocycles. The van der Waals surface area contributed by atoms with Gasteiger partial charge in [0.1, 0.15) is 0 Å². The lowest BCUT2D eigenvalue weighted by atomic mass is 9.85. The fraction of sp³-hybridized carbons (Fsp3) is 1.00. The Balaban J connectivity index is 2.29. The van der Waals surface area contributed by atoms with E-state index in [2.05, 4.69) is 26.1 Å². The lowest BCUT2D eigenvalue weighted by molar-refractivity contribution is 0.249. The molecule has 1 nitrogen and oxygen atoms in total. The van der Waals surface area contributed by atoms with Gasteiger partial charge < -0.3 is 5.32 Å². The van der Waals surface area contributed by atoms with E-state index < -0.39 is 0 Å². The van der Waals surface area contributed by atoms with Crippen LogP contribution in [0.5, 0.6) is 0 Å². The zero-order chi connectivity index (χ0) is 11.1. The Bertz CT molecular complexity index is 155. The maximum absolute atomic E-state index is 3.89. The fourth-order valence-corrected chi connectivity index (χ4v) is 2.72. The molecule has 0 aromatic carbocycles. The van der Waals surface area contributed by atoms with Crippen molar-refractivity contribution in [1.82, 2.24) is 5.32 Å². The fourth-order valence-electron chi connectivity index (χ4n) is 2.72. The van der Waals surface area contributed by atoms with Crippen molar-refractivity contribution in [2.45, 2.75) is 84.2 Å². The minimum atomic E-state index is 0.774. The Morgan fingerprint density at radius 3 is 2.53 bits per heavy atom. The number of hydrogen-bond acceptors (Lipinski definition) is 1. The van der Waals surface area contributed by atoms with Crippen LogP contribution in [0.25, 0.3) is 0 Å². The highest BCUT2D eigenvalue weighted by Gasteiger charge is 2.22. The third-order valence-corrected chi connectivity index (χ3v) is 3.96. The van der Waals surface area contributed by atoms with Gasteiger partial charge in [0.2, 0.25) is 0 Å². The van der Waals surface area contributed by atoms with E-state index >= 15 is 0 Å². The van der Waals surface area contributed by atoms with Crippen LogP contribution in [0, 0.1) is 5.92 Å². The van der Waals surface area contributed by atoms with Crippen LogP contribution in [0.15, 0.2) is 0 Å². The quantitative estimate of drug-likeness (QED) is 0.697. The van der Waals surface area contributed by atoms with Crippen LogP contribution in [-0.4, -0.2) is 12.1 Å². The van der Waals surface area contributed by atoms with Crippen molar-refractivity contribution in [2.75, 3.05) is 0 Å². The molecule has 1 aliphatic rings. The molecule has 1 aliphatic carbocycles. The van der Waals surface area contributed by atoms with Gasteiger partial charge in [0.15, 0.2) is 0 Å². The van der Waals surface area contributed by atoms with Gasteiger partial charge in [0, 0.05) is 12.1 Å². The van der Waals surface area contributed by atoms with Crippen LogP contribution in [0.3, 0.4) is 0 Å². The number of rotatable bonds is 6. The molecule has 0 aromatic rings. The van der Waals surface area contributed by atoms with E-state index in [0.717, 1.165) is 18.0 Å². The minimum Gasteiger partial charge on any atom is -0.311 e. The van der Waals surface area contributed by atoms with Crippen molar-refractivity contribution >= 4 is 0 Å². The van der Waals surface area contributed by atoms with E-state index in [0.29, 0.717) is 0 Å². The molecule has 15 heavy (non-hydrogen) atoms. The molecule has 0 bridgehead atoms. The molecular weight excluding hydrogens is 182 g/mol. The molecule has 0 heterocycles. The van der Waals surface area contributed by atoms with Crippen molar-refractivity contribution in [1.29, 1.82) is 0 Å². The third-order valence-electron chi connectivity index (χ3n) is 3.96. The molecule has 0 spiro atoms. The van der Waals surface area contributed by atoms with Gasteiger partial charge in [-0.1, -0.05) is 46.5 Å². The number of nitrogens with one attached hydrogen (secondary N) is 1. The second-order valence-corrected chi connectivity index (χ2v) is 5.28. The van der Waals surface area contributed by atoms with Crippen molar-refractivity contribution in [2.24, 2.45) is 5.92 Å². The summed E-state index contributed by atoms with van der Waals surface area (Å²) in [7, 11) is 0. The SMILES string of the molecule is CCCCC(CC)NC1CCCCC1C. The van der Waals surface area contributed by atoms with Crippen LogP contribution in [-0.2, 0) is 0 Å². The molecule has 1 fully saturated rings. The summed E-state index contributed by atoms with van der Waals surface area (Å²) in [6.07, 6.45) is 11.1. The lowest BCUT2D eigenvalue weighted by Gasteiger charge is -2.33. The van der Waals surface area contributed by atoms with Gasteiger partial charge in [0.05, 0.1) is 0 Å². The van der Waals surface area contributed by atoms with Crippen LogP contribution < -0.4 is 5.32 Å². The number of unbranched alkanes of at least 4 members (excludes halogenated alkanes) is 1. The molecule has 0 radical (unpaired) electrons. The van der Waals surface area contributed by atoms with Gasteiger partial charge in [0.25, 0.3) is 0 Å². The summed E-state index contributed by atoms with van der Waals surface area (Å²) >= 11 is 0. The predicted octanol–water partition coefficient (Wildman–Crippen LogP) is 4.12. The van der Waals surface area contributed by atoms with Crippen molar-refractivity contribution in [3.8, 4) is 0 Å².